The largest absolute Gasteiger partial charge is 0.462 e. The van der Waals surface area contributed by atoms with Crippen molar-refractivity contribution in [1.29, 1.82) is 0 Å². The number of cyclic esters (lactones) is 2. The molecule has 2 fully saturated rings. The van der Waals surface area contributed by atoms with E-state index in [1.165, 1.54) is 6.42 Å². The van der Waals surface area contributed by atoms with Gasteiger partial charge in [0.25, 0.3) is 0 Å². The zero-order chi connectivity index (χ0) is 16.4. The van der Waals surface area contributed by atoms with Crippen LogP contribution >= 0.6 is 0 Å². The van der Waals surface area contributed by atoms with E-state index in [4.69, 9.17) is 9.47 Å². The smallest absolute Gasteiger partial charge is 0.334 e. The Balaban J connectivity index is 1.40. The Morgan fingerprint density at radius 1 is 1.26 bits per heavy atom. The molecule has 0 aromatic heterocycles. The SMILES string of the molecule is CC1=C[C@@H]([C@@H]2CCCN2CCCC[C@@H]2C[C@H](C)C(=O)O2)OC1=O. The second kappa shape index (κ2) is 7.04. The topological polar surface area (TPSA) is 55.8 Å². The number of carbonyl (C=O) groups excluding carboxylic acids is 2. The lowest BCUT2D eigenvalue weighted by Gasteiger charge is -2.27. The lowest BCUT2D eigenvalue weighted by molar-refractivity contribution is -0.144. The summed E-state index contributed by atoms with van der Waals surface area (Å²) in [7, 11) is 0. The summed E-state index contributed by atoms with van der Waals surface area (Å²) < 4.78 is 10.8. The number of likely N-dealkylation sites (tertiary alicyclic amines) is 1. The standard InChI is InChI=1S/C18H27NO4/c1-12-10-14(22-17(12)20)6-3-4-8-19-9-5-7-15(19)16-11-13(2)18(21)23-16/h11-12,14-16H,3-10H2,1-2H3/t12-,14+,15-,16-/m0/s1. The van der Waals surface area contributed by atoms with E-state index in [1.807, 2.05) is 19.9 Å². The van der Waals surface area contributed by atoms with Gasteiger partial charge in [-0.3, -0.25) is 9.69 Å². The van der Waals surface area contributed by atoms with Crippen LogP contribution < -0.4 is 0 Å². The van der Waals surface area contributed by atoms with Crippen molar-refractivity contribution in [3.8, 4) is 0 Å². The summed E-state index contributed by atoms with van der Waals surface area (Å²) in [5.74, 6) is -0.145. The number of hydrogen-bond acceptors (Lipinski definition) is 5. The first kappa shape index (κ1) is 16.5. The van der Waals surface area contributed by atoms with Gasteiger partial charge in [-0.1, -0.05) is 6.92 Å². The maximum Gasteiger partial charge on any atom is 0.334 e. The second-order valence-electron chi connectivity index (χ2n) is 7.16. The van der Waals surface area contributed by atoms with Crippen molar-refractivity contribution in [2.24, 2.45) is 5.92 Å². The molecule has 0 aliphatic carbocycles. The van der Waals surface area contributed by atoms with Gasteiger partial charge in [0.15, 0.2) is 0 Å². The molecule has 3 aliphatic heterocycles. The van der Waals surface area contributed by atoms with Crippen molar-refractivity contribution in [3.05, 3.63) is 11.6 Å². The Labute approximate surface area is 138 Å². The van der Waals surface area contributed by atoms with E-state index in [0.29, 0.717) is 6.04 Å². The molecule has 0 amide bonds. The van der Waals surface area contributed by atoms with Crippen molar-refractivity contribution in [2.45, 2.75) is 70.6 Å². The minimum atomic E-state index is -0.168. The molecule has 5 nitrogen and oxygen atoms in total. The molecule has 4 atom stereocenters. The maximum absolute atomic E-state index is 11.6. The molecule has 5 heteroatoms. The van der Waals surface area contributed by atoms with Gasteiger partial charge in [-0.15, -0.1) is 0 Å². The van der Waals surface area contributed by atoms with Gasteiger partial charge in [-0.05, 0) is 64.6 Å². The minimum Gasteiger partial charge on any atom is -0.462 e. The van der Waals surface area contributed by atoms with Crippen molar-refractivity contribution >= 4 is 11.9 Å². The Morgan fingerprint density at radius 2 is 2.09 bits per heavy atom. The van der Waals surface area contributed by atoms with Gasteiger partial charge in [0.1, 0.15) is 12.2 Å². The molecule has 0 bridgehead atoms. The molecule has 3 aliphatic rings. The van der Waals surface area contributed by atoms with Crippen LogP contribution in [0.1, 0.15) is 52.4 Å². The first-order chi connectivity index (χ1) is 11.0. The zero-order valence-electron chi connectivity index (χ0n) is 14.1. The van der Waals surface area contributed by atoms with Crippen LogP contribution in [-0.4, -0.2) is 48.2 Å². The van der Waals surface area contributed by atoms with Gasteiger partial charge < -0.3 is 9.47 Å². The molecule has 0 radical (unpaired) electrons. The minimum absolute atomic E-state index is 0.0418. The van der Waals surface area contributed by atoms with Crippen LogP contribution in [0.15, 0.2) is 11.6 Å². The molecular formula is C18H27NO4. The van der Waals surface area contributed by atoms with Crippen LogP contribution in [0.25, 0.3) is 0 Å². The fraction of sp³-hybridized carbons (Fsp3) is 0.778. The summed E-state index contributed by atoms with van der Waals surface area (Å²) >= 11 is 0. The lowest BCUT2D eigenvalue weighted by Crippen LogP contribution is -2.39. The number of ether oxygens (including phenoxy) is 2. The molecule has 3 rings (SSSR count). The quantitative estimate of drug-likeness (QED) is 0.555. The number of rotatable bonds is 6. The van der Waals surface area contributed by atoms with E-state index in [-0.39, 0.29) is 30.1 Å². The Morgan fingerprint density at radius 3 is 2.74 bits per heavy atom. The maximum atomic E-state index is 11.6. The van der Waals surface area contributed by atoms with Crippen LogP contribution in [0.2, 0.25) is 0 Å². The van der Waals surface area contributed by atoms with Crippen molar-refractivity contribution in [2.75, 3.05) is 13.1 Å². The van der Waals surface area contributed by atoms with E-state index < -0.39 is 0 Å². The third-order valence-electron chi connectivity index (χ3n) is 5.30. The zero-order valence-corrected chi connectivity index (χ0v) is 14.1. The van der Waals surface area contributed by atoms with E-state index in [9.17, 15) is 9.59 Å². The van der Waals surface area contributed by atoms with Gasteiger partial charge in [-0.25, -0.2) is 4.79 Å². The number of esters is 2. The van der Waals surface area contributed by atoms with Crippen LogP contribution in [0.4, 0.5) is 0 Å². The molecular weight excluding hydrogens is 294 g/mol. The van der Waals surface area contributed by atoms with Crippen molar-refractivity contribution in [1.82, 2.24) is 4.90 Å². The van der Waals surface area contributed by atoms with Crippen molar-refractivity contribution < 1.29 is 19.1 Å². The fourth-order valence-electron chi connectivity index (χ4n) is 3.94. The third kappa shape index (κ3) is 3.77. The highest BCUT2D eigenvalue weighted by Crippen LogP contribution is 2.28. The molecule has 0 unspecified atom stereocenters. The molecule has 0 N–H and O–H groups in total. The molecule has 128 valence electrons. The van der Waals surface area contributed by atoms with Crippen LogP contribution in [-0.2, 0) is 19.1 Å². The Bertz CT molecular complexity index is 501. The summed E-state index contributed by atoms with van der Waals surface area (Å²) in [5, 5.41) is 0. The van der Waals surface area contributed by atoms with Gasteiger partial charge >= 0.3 is 11.9 Å². The average Bonchev–Trinajstić information content (AvgIpc) is 3.18. The highest BCUT2D eigenvalue weighted by molar-refractivity contribution is 5.90. The third-order valence-corrected chi connectivity index (χ3v) is 5.30. The summed E-state index contributed by atoms with van der Waals surface area (Å²) in [6.45, 7) is 5.88. The molecule has 23 heavy (non-hydrogen) atoms. The fourth-order valence-corrected chi connectivity index (χ4v) is 3.94. The van der Waals surface area contributed by atoms with Gasteiger partial charge in [0.2, 0.25) is 0 Å². The summed E-state index contributed by atoms with van der Waals surface area (Å²) in [4.78, 5) is 25.4. The first-order valence-electron chi connectivity index (χ1n) is 8.88. The molecule has 0 aromatic carbocycles. The molecule has 2 saturated heterocycles. The summed E-state index contributed by atoms with van der Waals surface area (Å²) in [6.07, 6.45) is 8.30. The highest BCUT2D eigenvalue weighted by atomic mass is 16.6. The van der Waals surface area contributed by atoms with E-state index in [0.717, 1.165) is 50.8 Å². The monoisotopic (exact) mass is 321 g/mol. The van der Waals surface area contributed by atoms with E-state index in [2.05, 4.69) is 4.90 Å². The second-order valence-corrected chi connectivity index (χ2v) is 7.16. The van der Waals surface area contributed by atoms with E-state index in [1.54, 1.807) is 0 Å². The molecule has 3 heterocycles. The normalized spacial score (nSPS) is 34.6. The van der Waals surface area contributed by atoms with Gasteiger partial charge in [0, 0.05) is 5.57 Å². The van der Waals surface area contributed by atoms with Crippen LogP contribution in [0.3, 0.4) is 0 Å². The summed E-state index contributed by atoms with van der Waals surface area (Å²) in [6, 6.07) is 0.334. The van der Waals surface area contributed by atoms with Crippen LogP contribution in [0, 0.1) is 5.92 Å². The molecule has 0 saturated carbocycles. The predicted molar refractivity (Wildman–Crippen MR) is 85.7 cm³/mol. The number of hydrogen-bond donors (Lipinski definition) is 0. The van der Waals surface area contributed by atoms with Crippen molar-refractivity contribution in [3.63, 3.8) is 0 Å². The highest BCUT2D eigenvalue weighted by Gasteiger charge is 2.36. The summed E-state index contributed by atoms with van der Waals surface area (Å²) in [5.41, 5.74) is 0.735. The van der Waals surface area contributed by atoms with E-state index >= 15 is 0 Å². The average molecular weight is 321 g/mol. The Hall–Kier alpha value is -1.36. The van der Waals surface area contributed by atoms with Gasteiger partial charge in [-0.2, -0.15) is 0 Å². The van der Waals surface area contributed by atoms with Gasteiger partial charge in [0.05, 0.1) is 12.0 Å². The number of carbonyl (C=O) groups is 2. The first-order valence-corrected chi connectivity index (χ1v) is 8.88. The lowest BCUT2D eigenvalue weighted by atomic mass is 10.0. The van der Waals surface area contributed by atoms with Crippen LogP contribution in [0.5, 0.6) is 0 Å². The molecule has 0 spiro atoms. The predicted octanol–water partition coefficient (Wildman–Crippen LogP) is 2.44. The number of unbranched alkanes of at least 4 members (excludes halogenated alkanes) is 1. The Kier molecular flexibility index (Phi) is 5.05. The number of nitrogens with zero attached hydrogens (tertiary/aromatic N) is 1. The molecule has 0 aromatic rings.